The van der Waals surface area contributed by atoms with Gasteiger partial charge in [0.25, 0.3) is 5.91 Å². The normalized spacial score (nSPS) is 22.9. The van der Waals surface area contributed by atoms with Gasteiger partial charge in [-0.1, -0.05) is 57.0 Å². The highest BCUT2D eigenvalue weighted by molar-refractivity contribution is 5.94. The van der Waals surface area contributed by atoms with Crippen LogP contribution in [0.15, 0.2) is 60.7 Å². The summed E-state index contributed by atoms with van der Waals surface area (Å²) in [6.07, 6.45) is 8.34. The van der Waals surface area contributed by atoms with Crippen LogP contribution in [0.1, 0.15) is 67.6 Å². The molecule has 3 aromatic rings. The molecule has 2 aliphatic carbocycles. The maximum atomic E-state index is 13.0. The number of amides is 1. The minimum Gasteiger partial charge on any atom is -0.349 e. The van der Waals surface area contributed by atoms with Gasteiger partial charge in [-0.2, -0.15) is 0 Å². The third-order valence-corrected chi connectivity index (χ3v) is 7.78. The summed E-state index contributed by atoms with van der Waals surface area (Å²) in [6, 6.07) is 21.5. The third kappa shape index (κ3) is 4.01. The lowest BCUT2D eigenvalue weighted by Crippen LogP contribution is -2.43. The van der Waals surface area contributed by atoms with E-state index < -0.39 is 0 Å². The lowest BCUT2D eigenvalue weighted by Gasteiger charge is -2.34. The molecule has 5 rings (SSSR count). The zero-order valence-electron chi connectivity index (χ0n) is 19.3. The Kier molecular flexibility index (Phi) is 5.91. The SMILES string of the molecule is C[C@@H]1[C@H](C)CCC[C@H]1NC(=O)c1ccc(-n2c(-c3ccccc3)cc3c2CCCC3)cc1. The maximum absolute atomic E-state index is 13.0. The number of hydrogen-bond acceptors (Lipinski definition) is 1. The van der Waals surface area contributed by atoms with Gasteiger partial charge in [-0.05, 0) is 85.4 Å². The Balaban J connectivity index is 1.43. The van der Waals surface area contributed by atoms with Crippen LogP contribution in [0.5, 0.6) is 0 Å². The van der Waals surface area contributed by atoms with Crippen LogP contribution in [0, 0.1) is 11.8 Å². The van der Waals surface area contributed by atoms with Crippen LogP contribution in [0.25, 0.3) is 16.9 Å². The minimum absolute atomic E-state index is 0.0558. The van der Waals surface area contributed by atoms with E-state index in [2.05, 4.69) is 72.3 Å². The number of nitrogens with one attached hydrogen (secondary N) is 1. The predicted octanol–water partition coefficient (Wildman–Crippen LogP) is 6.58. The van der Waals surface area contributed by atoms with E-state index in [0.717, 1.165) is 30.5 Å². The van der Waals surface area contributed by atoms with Crippen LogP contribution in [0.2, 0.25) is 0 Å². The minimum atomic E-state index is 0.0558. The molecule has 32 heavy (non-hydrogen) atoms. The molecule has 3 heteroatoms. The Morgan fingerprint density at radius 1 is 0.906 bits per heavy atom. The largest absolute Gasteiger partial charge is 0.349 e. The molecule has 0 radical (unpaired) electrons. The second-order valence-corrected chi connectivity index (χ2v) is 9.80. The zero-order valence-corrected chi connectivity index (χ0v) is 19.3. The summed E-state index contributed by atoms with van der Waals surface area (Å²) in [4.78, 5) is 13.0. The molecule has 1 aromatic heterocycles. The fourth-order valence-electron chi connectivity index (χ4n) is 5.61. The molecule has 0 spiro atoms. The van der Waals surface area contributed by atoms with Crippen molar-refractivity contribution in [2.45, 2.75) is 64.8 Å². The number of rotatable bonds is 4. The monoisotopic (exact) mass is 426 g/mol. The highest BCUT2D eigenvalue weighted by Gasteiger charge is 2.28. The van der Waals surface area contributed by atoms with Gasteiger partial charge in [0.05, 0.1) is 5.69 Å². The maximum Gasteiger partial charge on any atom is 0.251 e. The lowest BCUT2D eigenvalue weighted by molar-refractivity contribution is 0.0891. The van der Waals surface area contributed by atoms with Gasteiger partial charge in [0, 0.05) is 23.0 Å². The van der Waals surface area contributed by atoms with Gasteiger partial charge in [-0.25, -0.2) is 0 Å². The summed E-state index contributed by atoms with van der Waals surface area (Å²) in [5.41, 5.74) is 7.28. The molecule has 0 unspecified atom stereocenters. The topological polar surface area (TPSA) is 34.0 Å². The van der Waals surface area contributed by atoms with Crippen molar-refractivity contribution in [3.63, 3.8) is 0 Å². The summed E-state index contributed by atoms with van der Waals surface area (Å²) in [7, 11) is 0. The second kappa shape index (κ2) is 8.97. The van der Waals surface area contributed by atoms with E-state index >= 15 is 0 Å². The third-order valence-electron chi connectivity index (χ3n) is 7.78. The number of aromatic nitrogens is 1. The highest BCUT2D eigenvalue weighted by Crippen LogP contribution is 2.34. The first-order valence-electron chi connectivity index (χ1n) is 12.3. The van der Waals surface area contributed by atoms with Crippen LogP contribution < -0.4 is 5.32 Å². The van der Waals surface area contributed by atoms with Crippen molar-refractivity contribution < 1.29 is 4.79 Å². The zero-order chi connectivity index (χ0) is 22.1. The molecule has 1 heterocycles. The summed E-state index contributed by atoms with van der Waals surface area (Å²) >= 11 is 0. The molecule has 0 saturated heterocycles. The van der Waals surface area contributed by atoms with Crippen LogP contribution >= 0.6 is 0 Å². The average molecular weight is 427 g/mol. The van der Waals surface area contributed by atoms with Crippen LogP contribution in [-0.4, -0.2) is 16.5 Å². The molecule has 0 aliphatic heterocycles. The number of carbonyl (C=O) groups excluding carboxylic acids is 1. The van der Waals surface area contributed by atoms with E-state index in [0.29, 0.717) is 11.8 Å². The van der Waals surface area contributed by atoms with Gasteiger partial charge in [-0.3, -0.25) is 4.79 Å². The van der Waals surface area contributed by atoms with Gasteiger partial charge in [0.2, 0.25) is 0 Å². The molecular weight excluding hydrogens is 392 g/mol. The molecule has 1 amide bonds. The summed E-state index contributed by atoms with van der Waals surface area (Å²) in [6.45, 7) is 4.58. The second-order valence-electron chi connectivity index (χ2n) is 9.80. The predicted molar refractivity (Wildman–Crippen MR) is 131 cm³/mol. The molecule has 3 atom stereocenters. The van der Waals surface area contributed by atoms with Crippen molar-refractivity contribution in [2.75, 3.05) is 0 Å². The molecule has 2 aromatic carbocycles. The molecular formula is C29H34N2O. The number of aryl methyl sites for hydroxylation is 1. The quantitative estimate of drug-likeness (QED) is 0.502. The van der Waals surface area contributed by atoms with E-state index in [1.54, 1.807) is 0 Å². The summed E-state index contributed by atoms with van der Waals surface area (Å²) < 4.78 is 2.41. The van der Waals surface area contributed by atoms with Gasteiger partial charge in [-0.15, -0.1) is 0 Å². The molecule has 3 nitrogen and oxygen atoms in total. The standard InChI is InChI=1S/C29H34N2O/c1-20-9-8-13-26(21(20)2)30-29(32)23-15-17-25(18-16-23)31-27-14-7-6-12-24(27)19-28(31)22-10-4-3-5-11-22/h3-5,10-11,15-21,26H,6-9,12-14H2,1-2H3,(H,30,32)/t20-,21-,26-/m1/s1. The number of carbonyl (C=O) groups is 1. The van der Waals surface area contributed by atoms with E-state index in [1.807, 2.05) is 12.1 Å². The van der Waals surface area contributed by atoms with Gasteiger partial charge >= 0.3 is 0 Å². The van der Waals surface area contributed by atoms with Gasteiger partial charge in [0.15, 0.2) is 0 Å². The van der Waals surface area contributed by atoms with Crippen LogP contribution in [0.3, 0.4) is 0 Å². The van der Waals surface area contributed by atoms with Gasteiger partial charge < -0.3 is 9.88 Å². The fraction of sp³-hybridized carbons (Fsp3) is 0.414. The van der Waals surface area contributed by atoms with Crippen molar-refractivity contribution in [3.8, 4) is 16.9 Å². The smallest absolute Gasteiger partial charge is 0.251 e. The Hall–Kier alpha value is -2.81. The number of hydrogen-bond donors (Lipinski definition) is 1. The van der Waals surface area contributed by atoms with Crippen molar-refractivity contribution in [2.24, 2.45) is 11.8 Å². The van der Waals surface area contributed by atoms with E-state index in [1.165, 1.54) is 48.2 Å². The highest BCUT2D eigenvalue weighted by atomic mass is 16.1. The van der Waals surface area contributed by atoms with Crippen LogP contribution in [-0.2, 0) is 12.8 Å². The molecule has 2 aliphatic rings. The summed E-state index contributed by atoms with van der Waals surface area (Å²) in [5, 5.41) is 3.31. The molecule has 0 bridgehead atoms. The van der Waals surface area contributed by atoms with E-state index in [9.17, 15) is 4.79 Å². The fourth-order valence-corrected chi connectivity index (χ4v) is 5.61. The van der Waals surface area contributed by atoms with Crippen molar-refractivity contribution in [3.05, 3.63) is 77.5 Å². The summed E-state index contributed by atoms with van der Waals surface area (Å²) in [5.74, 6) is 1.26. The number of benzene rings is 2. The molecule has 166 valence electrons. The molecule has 1 saturated carbocycles. The van der Waals surface area contributed by atoms with E-state index in [4.69, 9.17) is 0 Å². The number of fused-ring (bicyclic) bond motifs is 1. The molecule has 1 N–H and O–H groups in total. The average Bonchev–Trinajstić information content (AvgIpc) is 3.22. The molecule has 1 fully saturated rings. The van der Waals surface area contributed by atoms with Crippen LogP contribution in [0.4, 0.5) is 0 Å². The Morgan fingerprint density at radius 3 is 2.44 bits per heavy atom. The Morgan fingerprint density at radius 2 is 1.66 bits per heavy atom. The van der Waals surface area contributed by atoms with Crippen molar-refractivity contribution in [1.82, 2.24) is 9.88 Å². The van der Waals surface area contributed by atoms with E-state index in [-0.39, 0.29) is 11.9 Å². The number of nitrogens with zero attached hydrogens (tertiary/aromatic N) is 1. The lowest BCUT2D eigenvalue weighted by atomic mass is 9.78. The van der Waals surface area contributed by atoms with Gasteiger partial charge in [0.1, 0.15) is 0 Å². The van der Waals surface area contributed by atoms with Crippen molar-refractivity contribution >= 4 is 5.91 Å². The van der Waals surface area contributed by atoms with Crippen molar-refractivity contribution in [1.29, 1.82) is 0 Å². The first-order valence-corrected chi connectivity index (χ1v) is 12.3. The Labute approximate surface area is 191 Å². The Bertz CT molecular complexity index is 1080. The first kappa shape index (κ1) is 21.1. The first-order chi connectivity index (χ1) is 15.6.